The number of nitrogens with one attached hydrogen (secondary N) is 1. The van der Waals surface area contributed by atoms with Crippen molar-refractivity contribution in [1.29, 1.82) is 0 Å². The Labute approximate surface area is 113 Å². The third-order valence-electron chi connectivity index (χ3n) is 3.35. The van der Waals surface area contributed by atoms with Crippen LogP contribution in [0.1, 0.15) is 38.7 Å². The number of benzene rings is 1. The minimum atomic E-state index is -2.75. The van der Waals surface area contributed by atoms with Gasteiger partial charge in [0.25, 0.3) is 0 Å². The van der Waals surface area contributed by atoms with Gasteiger partial charge in [0.1, 0.15) is 5.75 Å². The van der Waals surface area contributed by atoms with Crippen LogP contribution in [0, 0.1) is 5.92 Å². The standard InChI is InChI=1S/C15H21F2NO/c1-15(2,3)18-9-11-8-13(11)10-4-6-12(7-5-10)19-14(16)17/h4-7,11,13-14,18H,8-9H2,1-3H3. The maximum absolute atomic E-state index is 12.0. The van der Waals surface area contributed by atoms with Crippen molar-refractivity contribution < 1.29 is 13.5 Å². The lowest BCUT2D eigenvalue weighted by Gasteiger charge is -2.20. The van der Waals surface area contributed by atoms with Crippen LogP contribution in [-0.2, 0) is 0 Å². The highest BCUT2D eigenvalue weighted by Crippen LogP contribution is 2.47. The fraction of sp³-hybridized carbons (Fsp3) is 0.600. The zero-order valence-electron chi connectivity index (χ0n) is 11.6. The SMILES string of the molecule is CC(C)(C)NCC1CC1c1ccc(OC(F)F)cc1. The molecule has 0 aliphatic heterocycles. The summed E-state index contributed by atoms with van der Waals surface area (Å²) in [4.78, 5) is 0. The number of hydrogen-bond acceptors (Lipinski definition) is 2. The minimum Gasteiger partial charge on any atom is -0.435 e. The molecule has 2 unspecified atom stereocenters. The highest BCUT2D eigenvalue weighted by molar-refractivity contribution is 5.32. The summed E-state index contributed by atoms with van der Waals surface area (Å²) in [5, 5.41) is 3.50. The van der Waals surface area contributed by atoms with Gasteiger partial charge >= 0.3 is 6.61 Å². The fourth-order valence-electron chi connectivity index (χ4n) is 2.22. The first-order valence-corrected chi connectivity index (χ1v) is 6.65. The van der Waals surface area contributed by atoms with Gasteiger partial charge in [-0.25, -0.2) is 0 Å². The van der Waals surface area contributed by atoms with E-state index < -0.39 is 6.61 Å². The predicted molar refractivity (Wildman–Crippen MR) is 71.7 cm³/mol. The number of alkyl halides is 2. The summed E-state index contributed by atoms with van der Waals surface area (Å²) >= 11 is 0. The molecular formula is C15H21F2NO. The van der Waals surface area contributed by atoms with Gasteiger partial charge in [-0.1, -0.05) is 12.1 Å². The molecule has 0 aromatic heterocycles. The second-order valence-electron chi connectivity index (χ2n) is 6.18. The smallest absolute Gasteiger partial charge is 0.387 e. The van der Waals surface area contributed by atoms with Crippen LogP contribution in [0.5, 0.6) is 5.75 Å². The summed E-state index contributed by atoms with van der Waals surface area (Å²) in [6, 6.07) is 7.01. The molecule has 0 heterocycles. The number of rotatable bonds is 5. The first-order chi connectivity index (χ1) is 8.85. The van der Waals surface area contributed by atoms with E-state index in [4.69, 9.17) is 0 Å². The average molecular weight is 269 g/mol. The second kappa shape index (κ2) is 5.45. The second-order valence-corrected chi connectivity index (χ2v) is 6.18. The van der Waals surface area contributed by atoms with Crippen LogP contribution in [0.25, 0.3) is 0 Å². The maximum atomic E-state index is 12.0. The van der Waals surface area contributed by atoms with Gasteiger partial charge in [-0.2, -0.15) is 8.78 Å². The van der Waals surface area contributed by atoms with E-state index in [9.17, 15) is 8.78 Å². The van der Waals surface area contributed by atoms with Crippen molar-refractivity contribution in [2.24, 2.45) is 5.92 Å². The van der Waals surface area contributed by atoms with E-state index in [-0.39, 0.29) is 11.3 Å². The Kier molecular flexibility index (Phi) is 4.09. The largest absolute Gasteiger partial charge is 0.435 e. The number of ether oxygens (including phenoxy) is 1. The molecule has 2 nitrogen and oxygen atoms in total. The van der Waals surface area contributed by atoms with Gasteiger partial charge in [-0.3, -0.25) is 0 Å². The molecule has 1 aromatic carbocycles. The molecule has 1 aliphatic carbocycles. The van der Waals surface area contributed by atoms with Gasteiger partial charge in [-0.15, -0.1) is 0 Å². The van der Waals surface area contributed by atoms with Gasteiger partial charge in [0.05, 0.1) is 0 Å². The lowest BCUT2D eigenvalue weighted by molar-refractivity contribution is -0.0498. The van der Waals surface area contributed by atoms with Crippen molar-refractivity contribution in [3.05, 3.63) is 29.8 Å². The van der Waals surface area contributed by atoms with E-state index in [1.165, 1.54) is 5.56 Å². The Hall–Kier alpha value is -1.16. The number of halogens is 2. The third-order valence-corrected chi connectivity index (χ3v) is 3.35. The first-order valence-electron chi connectivity index (χ1n) is 6.65. The Morgan fingerprint density at radius 2 is 1.89 bits per heavy atom. The third kappa shape index (κ3) is 4.46. The Morgan fingerprint density at radius 1 is 1.26 bits per heavy atom. The summed E-state index contributed by atoms with van der Waals surface area (Å²) in [5.74, 6) is 1.43. The molecule has 106 valence electrons. The van der Waals surface area contributed by atoms with Crippen molar-refractivity contribution in [3.8, 4) is 5.75 Å². The van der Waals surface area contributed by atoms with Gasteiger partial charge in [-0.05, 0) is 63.3 Å². The highest BCUT2D eigenvalue weighted by Gasteiger charge is 2.38. The monoisotopic (exact) mass is 269 g/mol. The van der Waals surface area contributed by atoms with Crippen molar-refractivity contribution in [2.45, 2.75) is 45.3 Å². The van der Waals surface area contributed by atoms with Crippen LogP contribution in [0.3, 0.4) is 0 Å². The van der Waals surface area contributed by atoms with Gasteiger partial charge in [0.15, 0.2) is 0 Å². The van der Waals surface area contributed by atoms with E-state index in [1.807, 2.05) is 12.1 Å². The summed E-state index contributed by atoms with van der Waals surface area (Å²) in [7, 11) is 0. The van der Waals surface area contributed by atoms with Gasteiger partial charge < -0.3 is 10.1 Å². The summed E-state index contributed by atoms with van der Waals surface area (Å²) < 4.78 is 28.4. The van der Waals surface area contributed by atoms with Crippen LogP contribution < -0.4 is 10.1 Å². The molecule has 2 atom stereocenters. The van der Waals surface area contributed by atoms with Crippen LogP contribution >= 0.6 is 0 Å². The van der Waals surface area contributed by atoms with Crippen molar-refractivity contribution >= 4 is 0 Å². The summed E-state index contributed by atoms with van der Waals surface area (Å²) in [5.41, 5.74) is 1.35. The highest BCUT2D eigenvalue weighted by atomic mass is 19.3. The molecule has 0 saturated heterocycles. The molecule has 1 aromatic rings. The minimum absolute atomic E-state index is 0.141. The molecular weight excluding hydrogens is 248 g/mol. The fourth-order valence-corrected chi connectivity index (χ4v) is 2.22. The van der Waals surface area contributed by atoms with E-state index >= 15 is 0 Å². The van der Waals surface area contributed by atoms with E-state index in [1.54, 1.807) is 12.1 Å². The van der Waals surface area contributed by atoms with Crippen LogP contribution in [0.15, 0.2) is 24.3 Å². The van der Waals surface area contributed by atoms with E-state index in [2.05, 4.69) is 30.8 Å². The normalized spacial score (nSPS) is 22.6. The zero-order chi connectivity index (χ0) is 14.0. The van der Waals surface area contributed by atoms with E-state index in [0.717, 1.165) is 13.0 Å². The molecule has 2 rings (SSSR count). The predicted octanol–water partition coefficient (Wildman–Crippen LogP) is 3.78. The average Bonchev–Trinajstić information content (AvgIpc) is 3.05. The van der Waals surface area contributed by atoms with Crippen LogP contribution in [0.4, 0.5) is 8.78 Å². The van der Waals surface area contributed by atoms with Crippen LogP contribution in [0.2, 0.25) is 0 Å². The molecule has 1 saturated carbocycles. The first kappa shape index (κ1) is 14.3. The molecule has 0 spiro atoms. The molecule has 19 heavy (non-hydrogen) atoms. The lowest BCUT2D eigenvalue weighted by atomic mass is 10.1. The maximum Gasteiger partial charge on any atom is 0.387 e. The molecule has 0 amide bonds. The summed E-state index contributed by atoms with van der Waals surface area (Å²) in [6.07, 6.45) is 1.16. The van der Waals surface area contributed by atoms with Gasteiger partial charge in [0.2, 0.25) is 0 Å². The molecule has 1 aliphatic rings. The van der Waals surface area contributed by atoms with E-state index in [0.29, 0.717) is 11.8 Å². The molecule has 0 bridgehead atoms. The zero-order valence-corrected chi connectivity index (χ0v) is 11.6. The Balaban J connectivity index is 1.84. The molecule has 1 fully saturated rings. The lowest BCUT2D eigenvalue weighted by Crippen LogP contribution is -2.37. The quantitative estimate of drug-likeness (QED) is 0.878. The van der Waals surface area contributed by atoms with Gasteiger partial charge in [0, 0.05) is 5.54 Å². The van der Waals surface area contributed by atoms with Crippen molar-refractivity contribution in [3.63, 3.8) is 0 Å². The Bertz CT molecular complexity index is 411. The van der Waals surface area contributed by atoms with Crippen molar-refractivity contribution in [2.75, 3.05) is 6.54 Å². The number of hydrogen-bond donors (Lipinski definition) is 1. The topological polar surface area (TPSA) is 21.3 Å². The molecule has 4 heteroatoms. The molecule has 1 N–H and O–H groups in total. The Morgan fingerprint density at radius 3 is 2.42 bits per heavy atom. The summed E-state index contributed by atoms with van der Waals surface area (Å²) in [6.45, 7) is 4.71. The van der Waals surface area contributed by atoms with Crippen LogP contribution in [-0.4, -0.2) is 18.7 Å². The van der Waals surface area contributed by atoms with Crippen molar-refractivity contribution in [1.82, 2.24) is 5.32 Å². The molecule has 0 radical (unpaired) electrons.